The summed E-state index contributed by atoms with van der Waals surface area (Å²) in [4.78, 5) is 26.3. The fraction of sp³-hybridized carbons (Fsp3) is 0.273. The van der Waals surface area contributed by atoms with Gasteiger partial charge in [-0.15, -0.1) is 0 Å². The van der Waals surface area contributed by atoms with Gasteiger partial charge in [0, 0.05) is 0 Å². The van der Waals surface area contributed by atoms with E-state index in [1.807, 2.05) is 39.0 Å². The lowest BCUT2D eigenvalue weighted by Crippen LogP contribution is -2.35. The minimum Gasteiger partial charge on any atom is -0.494 e. The molecule has 1 heterocycles. The Morgan fingerprint density at radius 1 is 0.893 bits per heavy atom. The predicted octanol–water partition coefficient (Wildman–Crippen LogP) is 4.10. The minimum atomic E-state index is -0.500. The molecule has 6 heteroatoms. The third-order valence-electron chi connectivity index (χ3n) is 4.34. The van der Waals surface area contributed by atoms with E-state index in [4.69, 9.17) is 21.1 Å². The lowest BCUT2D eigenvalue weighted by atomic mass is 10.1. The van der Waals surface area contributed by atoms with Crippen molar-refractivity contribution in [3.8, 4) is 11.5 Å². The second kappa shape index (κ2) is 8.48. The normalized spacial score (nSPS) is 14.1. The van der Waals surface area contributed by atoms with Crippen molar-refractivity contribution in [2.75, 3.05) is 19.8 Å². The summed E-state index contributed by atoms with van der Waals surface area (Å²) in [5.74, 6) is 0.489. The van der Waals surface area contributed by atoms with Crippen LogP contribution in [0.15, 0.2) is 47.5 Å². The molecule has 2 amide bonds. The first-order valence-electron chi connectivity index (χ1n) is 9.11. The maximum absolute atomic E-state index is 12.8. The van der Waals surface area contributed by atoms with Crippen molar-refractivity contribution in [1.82, 2.24) is 4.90 Å². The Kier molecular flexibility index (Phi) is 6.05. The first-order valence-corrected chi connectivity index (χ1v) is 9.48. The van der Waals surface area contributed by atoms with Crippen molar-refractivity contribution in [1.29, 1.82) is 0 Å². The monoisotopic (exact) mass is 399 g/mol. The molecule has 28 heavy (non-hydrogen) atoms. The van der Waals surface area contributed by atoms with Crippen molar-refractivity contribution in [3.63, 3.8) is 0 Å². The highest BCUT2D eigenvalue weighted by Gasteiger charge is 2.37. The van der Waals surface area contributed by atoms with Gasteiger partial charge in [-0.3, -0.25) is 14.5 Å². The number of imide groups is 1. The first-order chi connectivity index (χ1) is 13.4. The summed E-state index contributed by atoms with van der Waals surface area (Å²) in [6, 6.07) is 12.8. The molecule has 5 nitrogen and oxygen atoms in total. The van der Waals surface area contributed by atoms with Crippen molar-refractivity contribution in [2.45, 2.75) is 20.8 Å². The molecule has 146 valence electrons. The first kappa shape index (κ1) is 20.0. The fourth-order valence-corrected chi connectivity index (χ4v) is 3.45. The summed E-state index contributed by atoms with van der Waals surface area (Å²) in [5, 5.41) is -0.0689. The topological polar surface area (TPSA) is 55.8 Å². The number of rotatable bonds is 7. The van der Waals surface area contributed by atoms with E-state index in [1.165, 1.54) is 0 Å². The number of hydrogen-bond donors (Lipinski definition) is 0. The quantitative estimate of drug-likeness (QED) is 0.658. The molecule has 0 aromatic heterocycles. The van der Waals surface area contributed by atoms with Gasteiger partial charge in [0.1, 0.15) is 23.1 Å². The number of nitrogens with zero attached hydrogens (tertiary/aromatic N) is 1. The van der Waals surface area contributed by atoms with Crippen molar-refractivity contribution in [2.24, 2.45) is 0 Å². The number of aryl methyl sites for hydroxylation is 2. The van der Waals surface area contributed by atoms with E-state index in [2.05, 4.69) is 0 Å². The van der Waals surface area contributed by atoms with Crippen LogP contribution in [0.2, 0.25) is 0 Å². The second-order valence-electron chi connectivity index (χ2n) is 6.58. The van der Waals surface area contributed by atoms with Gasteiger partial charge >= 0.3 is 0 Å². The van der Waals surface area contributed by atoms with Gasteiger partial charge in [-0.25, -0.2) is 0 Å². The van der Waals surface area contributed by atoms with E-state index in [0.29, 0.717) is 23.7 Å². The second-order valence-corrected chi connectivity index (χ2v) is 6.96. The lowest BCUT2D eigenvalue weighted by molar-refractivity contribution is -0.137. The molecule has 2 aromatic rings. The summed E-state index contributed by atoms with van der Waals surface area (Å²) in [6.45, 7) is 6.74. The van der Waals surface area contributed by atoms with Gasteiger partial charge in [0.05, 0.1) is 18.7 Å². The molecule has 3 rings (SSSR count). The highest BCUT2D eigenvalue weighted by molar-refractivity contribution is 6.55. The van der Waals surface area contributed by atoms with Gasteiger partial charge < -0.3 is 9.47 Å². The Morgan fingerprint density at radius 2 is 1.54 bits per heavy atom. The molecule has 0 unspecified atom stereocenters. The smallest absolute Gasteiger partial charge is 0.273 e. The molecule has 0 radical (unpaired) electrons. The Bertz CT molecular complexity index is 914. The number of halogens is 1. The molecule has 0 saturated heterocycles. The average molecular weight is 400 g/mol. The zero-order valence-electron chi connectivity index (χ0n) is 16.1. The lowest BCUT2D eigenvalue weighted by Gasteiger charge is -2.16. The van der Waals surface area contributed by atoms with Crippen LogP contribution in [0, 0.1) is 13.8 Å². The van der Waals surface area contributed by atoms with Crippen LogP contribution in [0.4, 0.5) is 0 Å². The summed E-state index contributed by atoms with van der Waals surface area (Å²) in [5.41, 5.74) is 2.97. The van der Waals surface area contributed by atoms with Crippen molar-refractivity contribution in [3.05, 3.63) is 64.2 Å². The molecule has 1 aliphatic rings. The van der Waals surface area contributed by atoms with E-state index in [1.54, 1.807) is 24.3 Å². The van der Waals surface area contributed by atoms with Gasteiger partial charge in [0.25, 0.3) is 11.8 Å². The molecule has 0 bridgehead atoms. The molecular formula is C22H22ClNO4. The van der Waals surface area contributed by atoms with Crippen LogP contribution in [0.25, 0.3) is 5.57 Å². The van der Waals surface area contributed by atoms with Gasteiger partial charge in [0.15, 0.2) is 0 Å². The Balaban J connectivity index is 1.68. The van der Waals surface area contributed by atoms with Crippen LogP contribution in [-0.2, 0) is 9.59 Å². The molecule has 0 fully saturated rings. The van der Waals surface area contributed by atoms with E-state index < -0.39 is 11.8 Å². The standard InChI is InChI=1S/C22H22ClNO4/c1-4-27-17-7-5-16(6-8-17)19-20(23)22(26)24(21(19)25)9-10-28-18-12-14(2)11-15(3)13-18/h5-8,11-13H,4,9-10H2,1-3H3. The molecule has 0 spiro atoms. The van der Waals surface area contributed by atoms with Crippen LogP contribution in [0.1, 0.15) is 23.6 Å². The van der Waals surface area contributed by atoms with Gasteiger partial charge in [-0.1, -0.05) is 29.8 Å². The number of amides is 2. The van der Waals surface area contributed by atoms with Crippen LogP contribution in [0.3, 0.4) is 0 Å². The molecule has 2 aromatic carbocycles. The molecular weight excluding hydrogens is 378 g/mol. The average Bonchev–Trinajstić information content (AvgIpc) is 2.85. The van der Waals surface area contributed by atoms with E-state index >= 15 is 0 Å². The van der Waals surface area contributed by atoms with Gasteiger partial charge in [-0.2, -0.15) is 0 Å². The van der Waals surface area contributed by atoms with Gasteiger partial charge in [0.2, 0.25) is 0 Å². The maximum atomic E-state index is 12.8. The van der Waals surface area contributed by atoms with Crippen LogP contribution < -0.4 is 9.47 Å². The highest BCUT2D eigenvalue weighted by Crippen LogP contribution is 2.32. The zero-order valence-corrected chi connectivity index (χ0v) is 16.9. The third kappa shape index (κ3) is 4.20. The van der Waals surface area contributed by atoms with Crippen molar-refractivity contribution < 1.29 is 19.1 Å². The predicted molar refractivity (Wildman–Crippen MR) is 109 cm³/mol. The van der Waals surface area contributed by atoms with E-state index in [0.717, 1.165) is 16.0 Å². The van der Waals surface area contributed by atoms with E-state index in [-0.39, 0.29) is 23.8 Å². The molecule has 0 aliphatic carbocycles. The fourth-order valence-electron chi connectivity index (χ4n) is 3.16. The largest absolute Gasteiger partial charge is 0.494 e. The summed E-state index contributed by atoms with van der Waals surface area (Å²) < 4.78 is 11.1. The highest BCUT2D eigenvalue weighted by atomic mass is 35.5. The zero-order chi connectivity index (χ0) is 20.3. The number of hydrogen-bond acceptors (Lipinski definition) is 4. The Labute approximate surface area is 169 Å². The van der Waals surface area contributed by atoms with Crippen LogP contribution >= 0.6 is 11.6 Å². The van der Waals surface area contributed by atoms with Gasteiger partial charge in [-0.05, 0) is 61.7 Å². The number of carbonyl (C=O) groups is 2. The minimum absolute atomic E-state index is 0.0689. The third-order valence-corrected chi connectivity index (χ3v) is 4.69. The summed E-state index contributed by atoms with van der Waals surface area (Å²) >= 11 is 6.19. The number of benzene rings is 2. The Hall–Kier alpha value is -2.79. The van der Waals surface area contributed by atoms with Crippen LogP contribution in [-0.4, -0.2) is 36.5 Å². The van der Waals surface area contributed by atoms with Crippen LogP contribution in [0.5, 0.6) is 11.5 Å². The Morgan fingerprint density at radius 3 is 2.14 bits per heavy atom. The molecule has 0 atom stereocenters. The SMILES string of the molecule is CCOc1ccc(C2=C(Cl)C(=O)N(CCOc3cc(C)cc(C)c3)C2=O)cc1. The number of ether oxygens (including phenoxy) is 2. The van der Waals surface area contributed by atoms with E-state index in [9.17, 15) is 9.59 Å². The molecule has 0 saturated carbocycles. The molecule has 1 aliphatic heterocycles. The number of carbonyl (C=O) groups excluding carboxylic acids is 2. The summed E-state index contributed by atoms with van der Waals surface area (Å²) in [7, 11) is 0. The van der Waals surface area contributed by atoms with Crippen molar-refractivity contribution >= 4 is 29.0 Å². The molecule has 0 N–H and O–H groups in total. The summed E-state index contributed by atoms with van der Waals surface area (Å²) in [6.07, 6.45) is 0. The maximum Gasteiger partial charge on any atom is 0.273 e.